The molecule has 272 valence electrons. The largest absolute Gasteiger partial charge is 0.384 e. The summed E-state index contributed by atoms with van der Waals surface area (Å²) >= 11 is 0. The van der Waals surface area contributed by atoms with Crippen molar-refractivity contribution >= 4 is 17.7 Å². The molecule has 5 heterocycles. The second-order valence-electron chi connectivity index (χ2n) is 13.6. The molecule has 2 N–H and O–H groups in total. The fraction of sp³-hybridized carbons (Fsp3) is 0.405. The van der Waals surface area contributed by atoms with E-state index in [0.717, 1.165) is 28.7 Å². The number of nitrogens with one attached hydrogen (secondary N) is 1. The average Bonchev–Trinajstić information content (AvgIpc) is 3.96. The fourth-order valence-corrected chi connectivity index (χ4v) is 7.38. The zero-order valence-electron chi connectivity index (χ0n) is 28.6. The first kappa shape index (κ1) is 35.3. The summed E-state index contributed by atoms with van der Waals surface area (Å²) in [4.78, 5) is 46.2. The van der Waals surface area contributed by atoms with Crippen LogP contribution in [0.2, 0.25) is 0 Å². The number of aliphatic hydroxyl groups excluding tert-OH is 1. The highest BCUT2D eigenvalue weighted by molar-refractivity contribution is 6.12. The Morgan fingerprint density at radius 3 is 2.52 bits per heavy atom. The van der Waals surface area contributed by atoms with Gasteiger partial charge in [-0.2, -0.15) is 0 Å². The Kier molecular flexibility index (Phi) is 10.3. The third-order valence-electron chi connectivity index (χ3n) is 10.0. The van der Waals surface area contributed by atoms with Gasteiger partial charge in [0.2, 0.25) is 0 Å². The smallest absolute Gasteiger partial charge is 0.253 e. The molecule has 0 bridgehead atoms. The number of amides is 3. The average molecular weight is 715 g/mol. The highest BCUT2D eigenvalue weighted by Crippen LogP contribution is 2.39. The van der Waals surface area contributed by atoms with E-state index < -0.39 is 41.5 Å². The Balaban J connectivity index is 1.26. The van der Waals surface area contributed by atoms with Crippen LogP contribution in [0.3, 0.4) is 0 Å². The van der Waals surface area contributed by atoms with Crippen LogP contribution in [0.1, 0.15) is 48.9 Å². The van der Waals surface area contributed by atoms with Crippen LogP contribution in [0.15, 0.2) is 73.1 Å². The van der Waals surface area contributed by atoms with Crippen LogP contribution in [0.4, 0.5) is 8.78 Å². The highest BCUT2D eigenvalue weighted by Gasteiger charge is 2.41. The van der Waals surface area contributed by atoms with E-state index in [1.807, 2.05) is 34.9 Å². The predicted molar refractivity (Wildman–Crippen MR) is 183 cm³/mol. The molecule has 3 amide bonds. The number of rotatable bonds is 12. The van der Waals surface area contributed by atoms with Crippen LogP contribution >= 0.6 is 0 Å². The van der Waals surface area contributed by atoms with Crippen molar-refractivity contribution in [1.29, 1.82) is 0 Å². The molecule has 0 spiro atoms. The summed E-state index contributed by atoms with van der Waals surface area (Å²) in [7, 11) is 0. The standard InChI is InChI=1S/C37H40F2N8O5/c1-23(48)37(51)46(19-26-16-40-17-32(26)47-21-28(42-43-47)20-45-33(49)9-10-34(45)50)35(25-11-13-52-14-12-25)36-41-31(29-15-27(38)7-8-30(29)39)22-44(36)18-24-5-3-2-4-6-24/h2-10,15,21-23,25-26,32,35,40,48H,11-14,16-20H2,1H3/t23-,26-,32+,35+/m0/s1. The molecule has 0 saturated carbocycles. The van der Waals surface area contributed by atoms with Crippen LogP contribution in [0.5, 0.6) is 0 Å². The molecule has 0 unspecified atom stereocenters. The number of ether oxygens (including phenoxy) is 1. The van der Waals surface area contributed by atoms with Gasteiger partial charge in [-0.1, -0.05) is 35.5 Å². The first-order valence-electron chi connectivity index (χ1n) is 17.4. The lowest BCUT2D eigenvalue weighted by Gasteiger charge is -2.40. The van der Waals surface area contributed by atoms with Crippen LogP contribution in [-0.2, 0) is 32.2 Å². The molecule has 0 aliphatic carbocycles. The maximum atomic E-state index is 15.2. The van der Waals surface area contributed by atoms with E-state index >= 15 is 4.39 Å². The topological polar surface area (TPSA) is 148 Å². The molecular formula is C37H40F2N8O5. The molecule has 7 rings (SSSR count). The molecule has 0 radical (unpaired) electrons. The van der Waals surface area contributed by atoms with Crippen molar-refractivity contribution in [2.45, 2.75) is 51.0 Å². The van der Waals surface area contributed by atoms with Crippen LogP contribution in [0, 0.1) is 23.5 Å². The normalized spacial score (nSPS) is 20.5. The molecule has 13 nitrogen and oxygen atoms in total. The molecule has 15 heteroatoms. The van der Waals surface area contributed by atoms with Crippen molar-refractivity contribution < 1.29 is 33.0 Å². The first-order chi connectivity index (χ1) is 25.2. The van der Waals surface area contributed by atoms with E-state index in [0.29, 0.717) is 57.2 Å². The van der Waals surface area contributed by atoms with Crippen molar-refractivity contribution in [3.63, 3.8) is 0 Å². The Morgan fingerprint density at radius 2 is 1.79 bits per heavy atom. The van der Waals surface area contributed by atoms with Gasteiger partial charge in [-0.05, 0) is 49.4 Å². The Labute approximate surface area is 298 Å². The van der Waals surface area contributed by atoms with Crippen LogP contribution in [-0.4, -0.2) is 96.1 Å². The van der Waals surface area contributed by atoms with Gasteiger partial charge in [-0.3, -0.25) is 19.3 Å². The Hall–Kier alpha value is -5.12. The van der Waals surface area contributed by atoms with Crippen LogP contribution in [0.25, 0.3) is 11.3 Å². The molecule has 3 aliphatic rings. The summed E-state index contributed by atoms with van der Waals surface area (Å²) in [5.41, 5.74) is 1.61. The van der Waals surface area contributed by atoms with Crippen molar-refractivity contribution in [1.82, 2.24) is 39.7 Å². The van der Waals surface area contributed by atoms with Crippen molar-refractivity contribution in [3.8, 4) is 11.3 Å². The molecule has 2 aromatic carbocycles. The first-order valence-corrected chi connectivity index (χ1v) is 17.4. The fourth-order valence-electron chi connectivity index (χ4n) is 7.38. The minimum absolute atomic E-state index is 0.00217. The summed E-state index contributed by atoms with van der Waals surface area (Å²) in [6.07, 6.45) is 5.71. The van der Waals surface area contributed by atoms with Gasteiger partial charge in [-0.25, -0.2) is 18.4 Å². The number of hydrogen-bond acceptors (Lipinski definition) is 9. The monoisotopic (exact) mass is 714 g/mol. The Bertz CT molecular complexity index is 1940. The maximum absolute atomic E-state index is 15.2. The van der Waals surface area contributed by atoms with Crippen molar-refractivity contribution in [3.05, 3.63) is 102 Å². The minimum atomic E-state index is -1.34. The lowest BCUT2D eigenvalue weighted by Crippen LogP contribution is -2.48. The lowest BCUT2D eigenvalue weighted by atomic mass is 9.88. The molecule has 4 atom stereocenters. The second kappa shape index (κ2) is 15.2. The number of aliphatic hydroxyl groups is 1. The predicted octanol–water partition coefficient (Wildman–Crippen LogP) is 3.03. The van der Waals surface area contributed by atoms with Crippen molar-refractivity contribution in [2.24, 2.45) is 11.8 Å². The third kappa shape index (κ3) is 7.43. The number of hydrogen-bond donors (Lipinski definition) is 2. The van der Waals surface area contributed by atoms with Gasteiger partial charge in [0.1, 0.15) is 29.3 Å². The van der Waals surface area contributed by atoms with E-state index in [4.69, 9.17) is 9.72 Å². The van der Waals surface area contributed by atoms with Gasteiger partial charge in [0.15, 0.2) is 0 Å². The summed E-state index contributed by atoms with van der Waals surface area (Å²) in [5.74, 6) is -2.40. The quantitative estimate of drug-likeness (QED) is 0.212. The number of aromatic nitrogens is 5. The summed E-state index contributed by atoms with van der Waals surface area (Å²) in [6.45, 7) is 3.94. The maximum Gasteiger partial charge on any atom is 0.253 e. The van der Waals surface area contributed by atoms with Gasteiger partial charge in [-0.15, -0.1) is 5.10 Å². The van der Waals surface area contributed by atoms with Gasteiger partial charge >= 0.3 is 0 Å². The van der Waals surface area contributed by atoms with Gasteiger partial charge in [0.05, 0.1) is 30.5 Å². The SMILES string of the molecule is C[C@H](O)C(=O)N(C[C@@H]1CNC[C@H]1n1cc(CN2C(=O)C=CC2=O)nn1)[C@@H](c1nc(-c2cc(F)ccc2F)cn1Cc1ccccc1)C1CCOCC1. The van der Waals surface area contributed by atoms with Gasteiger partial charge in [0.25, 0.3) is 17.7 Å². The molecule has 2 fully saturated rings. The number of carbonyl (C=O) groups is 3. The lowest BCUT2D eigenvalue weighted by molar-refractivity contribution is -0.145. The summed E-state index contributed by atoms with van der Waals surface area (Å²) in [5, 5.41) is 22.8. The molecule has 4 aromatic rings. The van der Waals surface area contributed by atoms with E-state index in [1.54, 1.807) is 22.0 Å². The highest BCUT2D eigenvalue weighted by atomic mass is 19.1. The number of benzene rings is 2. The van der Waals surface area contributed by atoms with E-state index in [-0.39, 0.29) is 42.2 Å². The zero-order chi connectivity index (χ0) is 36.4. The van der Waals surface area contributed by atoms with Crippen LogP contribution < -0.4 is 5.32 Å². The number of carbonyl (C=O) groups excluding carboxylic acids is 3. The van der Waals surface area contributed by atoms with E-state index in [2.05, 4.69) is 15.6 Å². The van der Waals surface area contributed by atoms with Gasteiger partial charge in [0, 0.05) is 69.2 Å². The number of halogens is 2. The summed E-state index contributed by atoms with van der Waals surface area (Å²) in [6, 6.07) is 12.0. The van der Waals surface area contributed by atoms with E-state index in [9.17, 15) is 23.9 Å². The molecule has 3 aliphatic heterocycles. The molecule has 2 aromatic heterocycles. The minimum Gasteiger partial charge on any atom is -0.384 e. The molecule has 52 heavy (non-hydrogen) atoms. The summed E-state index contributed by atoms with van der Waals surface area (Å²) < 4.78 is 39.0. The number of nitrogens with zero attached hydrogens (tertiary/aromatic N) is 7. The molecule has 2 saturated heterocycles. The van der Waals surface area contributed by atoms with Gasteiger partial charge < -0.3 is 24.6 Å². The van der Waals surface area contributed by atoms with Crippen molar-refractivity contribution in [2.75, 3.05) is 32.8 Å². The zero-order valence-corrected chi connectivity index (χ0v) is 28.6. The third-order valence-corrected chi connectivity index (χ3v) is 10.0. The van der Waals surface area contributed by atoms with E-state index in [1.165, 1.54) is 19.1 Å². The second-order valence-corrected chi connectivity index (χ2v) is 13.6. The molecular weight excluding hydrogens is 674 g/mol. The Morgan fingerprint density at radius 1 is 1.04 bits per heavy atom. The number of imidazole rings is 1. The number of imide groups is 1.